The van der Waals surface area contributed by atoms with Crippen LogP contribution in [0.1, 0.15) is 36.5 Å². The highest BCUT2D eigenvalue weighted by Crippen LogP contribution is 2.35. The molecule has 104 valence electrons. The quantitative estimate of drug-likeness (QED) is 0.771. The Balaban J connectivity index is 2.22. The molecule has 0 radical (unpaired) electrons. The summed E-state index contributed by atoms with van der Waals surface area (Å²) in [6, 6.07) is 5.55. The number of ether oxygens (including phenoxy) is 1. The van der Waals surface area contributed by atoms with Crippen molar-refractivity contribution in [3.63, 3.8) is 0 Å². The molecule has 0 aromatic heterocycles. The van der Waals surface area contributed by atoms with Gasteiger partial charge in [0.1, 0.15) is 5.75 Å². The Morgan fingerprint density at radius 2 is 1.95 bits per heavy atom. The molecular formula is C14H15F3O2. The fourth-order valence-electron chi connectivity index (χ4n) is 2.55. The second-order valence-electron chi connectivity index (χ2n) is 5.02. The van der Waals surface area contributed by atoms with Crippen LogP contribution in [-0.2, 0) is 0 Å². The average molecular weight is 272 g/mol. The fourth-order valence-corrected chi connectivity index (χ4v) is 2.55. The summed E-state index contributed by atoms with van der Waals surface area (Å²) in [6.45, 7) is 2.05. The first-order valence-electron chi connectivity index (χ1n) is 6.26. The third-order valence-corrected chi connectivity index (χ3v) is 3.44. The van der Waals surface area contributed by atoms with E-state index in [9.17, 15) is 18.0 Å². The van der Waals surface area contributed by atoms with E-state index in [2.05, 4.69) is 4.74 Å². The van der Waals surface area contributed by atoms with Crippen molar-refractivity contribution in [2.45, 2.75) is 32.5 Å². The summed E-state index contributed by atoms with van der Waals surface area (Å²) < 4.78 is 40.8. The lowest BCUT2D eigenvalue weighted by molar-refractivity contribution is -0.274. The van der Waals surface area contributed by atoms with Gasteiger partial charge < -0.3 is 4.74 Å². The molecule has 1 aliphatic carbocycles. The van der Waals surface area contributed by atoms with Gasteiger partial charge in [-0.15, -0.1) is 13.2 Å². The first kappa shape index (κ1) is 13.9. The number of ketones is 1. The molecular weight excluding hydrogens is 257 g/mol. The van der Waals surface area contributed by atoms with Crippen LogP contribution in [0.4, 0.5) is 13.2 Å². The van der Waals surface area contributed by atoms with E-state index in [1.165, 1.54) is 18.2 Å². The van der Waals surface area contributed by atoms with Gasteiger partial charge in [0, 0.05) is 5.92 Å². The van der Waals surface area contributed by atoms with Crippen LogP contribution in [-0.4, -0.2) is 12.1 Å². The number of hydrogen-bond donors (Lipinski definition) is 0. The molecule has 0 N–H and O–H groups in total. The van der Waals surface area contributed by atoms with E-state index in [1.54, 1.807) is 6.07 Å². The molecule has 0 spiro atoms. The highest BCUT2D eigenvalue weighted by molar-refractivity contribution is 6.00. The number of carbonyl (C=O) groups excluding carboxylic acids is 1. The molecule has 1 aliphatic rings. The molecule has 1 aromatic rings. The number of carbonyl (C=O) groups is 1. The third kappa shape index (κ3) is 3.49. The normalized spacial score (nSPS) is 23.4. The van der Waals surface area contributed by atoms with E-state index in [0.29, 0.717) is 5.92 Å². The van der Waals surface area contributed by atoms with E-state index in [0.717, 1.165) is 19.3 Å². The standard InChI is InChI=1S/C14H15F3O2/c1-9-6-7-10(8-9)13(18)11-4-2-3-5-12(11)19-14(15,16)17/h2-5,9-10H,6-8H2,1H3. The van der Waals surface area contributed by atoms with Crippen LogP contribution in [0.25, 0.3) is 0 Å². The average Bonchev–Trinajstić information content (AvgIpc) is 2.74. The van der Waals surface area contributed by atoms with Crippen molar-refractivity contribution >= 4 is 5.78 Å². The van der Waals surface area contributed by atoms with Gasteiger partial charge in [-0.1, -0.05) is 19.1 Å². The highest BCUT2D eigenvalue weighted by atomic mass is 19.4. The Morgan fingerprint density at radius 3 is 2.53 bits per heavy atom. The summed E-state index contributed by atoms with van der Waals surface area (Å²) in [6.07, 6.45) is -2.36. The minimum atomic E-state index is -4.78. The molecule has 2 unspecified atom stereocenters. The summed E-state index contributed by atoms with van der Waals surface area (Å²) in [5.41, 5.74) is 0.0268. The Morgan fingerprint density at radius 1 is 1.26 bits per heavy atom. The number of rotatable bonds is 3. The third-order valence-electron chi connectivity index (χ3n) is 3.44. The van der Waals surface area contributed by atoms with Gasteiger partial charge in [0.05, 0.1) is 5.56 Å². The van der Waals surface area contributed by atoms with Crippen LogP contribution in [0.2, 0.25) is 0 Å². The maximum Gasteiger partial charge on any atom is 0.573 e. The van der Waals surface area contributed by atoms with Crippen LogP contribution in [0.15, 0.2) is 24.3 Å². The van der Waals surface area contributed by atoms with Crippen molar-refractivity contribution in [2.24, 2.45) is 11.8 Å². The molecule has 1 aromatic carbocycles. The van der Waals surface area contributed by atoms with Crippen LogP contribution >= 0.6 is 0 Å². The van der Waals surface area contributed by atoms with Gasteiger partial charge in [-0.3, -0.25) is 4.79 Å². The molecule has 0 saturated heterocycles. The maximum atomic E-state index is 12.3. The van der Waals surface area contributed by atoms with E-state index < -0.39 is 12.1 Å². The van der Waals surface area contributed by atoms with Crippen molar-refractivity contribution in [3.8, 4) is 5.75 Å². The SMILES string of the molecule is CC1CCC(C(=O)c2ccccc2OC(F)(F)F)C1. The molecule has 0 aliphatic heterocycles. The van der Waals surface area contributed by atoms with Crippen molar-refractivity contribution in [3.05, 3.63) is 29.8 Å². The predicted molar refractivity (Wildman–Crippen MR) is 64.0 cm³/mol. The van der Waals surface area contributed by atoms with Gasteiger partial charge in [0.2, 0.25) is 0 Å². The van der Waals surface area contributed by atoms with Crippen LogP contribution in [0, 0.1) is 11.8 Å². The smallest absolute Gasteiger partial charge is 0.405 e. The first-order chi connectivity index (χ1) is 8.87. The number of benzene rings is 1. The van der Waals surface area contributed by atoms with E-state index >= 15 is 0 Å². The summed E-state index contributed by atoms with van der Waals surface area (Å²) in [7, 11) is 0. The van der Waals surface area contributed by atoms with Gasteiger partial charge in [-0.2, -0.15) is 0 Å². The van der Waals surface area contributed by atoms with Crippen molar-refractivity contribution in [1.29, 1.82) is 0 Å². The Labute approximate surface area is 109 Å². The molecule has 5 heteroatoms. The lowest BCUT2D eigenvalue weighted by Crippen LogP contribution is -2.20. The molecule has 0 heterocycles. The molecule has 0 amide bonds. The second kappa shape index (κ2) is 5.23. The van der Waals surface area contributed by atoms with Crippen molar-refractivity contribution < 1.29 is 22.7 Å². The number of alkyl halides is 3. The largest absolute Gasteiger partial charge is 0.573 e. The topological polar surface area (TPSA) is 26.3 Å². The summed E-state index contributed by atoms with van der Waals surface area (Å²) >= 11 is 0. The van der Waals surface area contributed by atoms with Crippen LogP contribution < -0.4 is 4.74 Å². The molecule has 0 bridgehead atoms. The Hall–Kier alpha value is -1.52. The van der Waals surface area contributed by atoms with Gasteiger partial charge in [-0.05, 0) is 37.3 Å². The summed E-state index contributed by atoms with van der Waals surface area (Å²) in [5, 5.41) is 0. The van der Waals surface area contributed by atoms with Gasteiger partial charge in [0.15, 0.2) is 5.78 Å². The zero-order valence-electron chi connectivity index (χ0n) is 10.5. The predicted octanol–water partition coefficient (Wildman–Crippen LogP) is 4.20. The van der Waals surface area contributed by atoms with Crippen LogP contribution in [0.3, 0.4) is 0 Å². The van der Waals surface area contributed by atoms with Crippen LogP contribution in [0.5, 0.6) is 5.75 Å². The summed E-state index contributed by atoms with van der Waals surface area (Å²) in [5.74, 6) is -0.388. The van der Waals surface area contributed by atoms with E-state index in [4.69, 9.17) is 0 Å². The van der Waals surface area contributed by atoms with Crippen molar-refractivity contribution in [2.75, 3.05) is 0 Å². The molecule has 2 rings (SSSR count). The van der Waals surface area contributed by atoms with Crippen molar-refractivity contribution in [1.82, 2.24) is 0 Å². The second-order valence-corrected chi connectivity index (χ2v) is 5.02. The van der Waals surface area contributed by atoms with Gasteiger partial charge >= 0.3 is 6.36 Å². The molecule has 2 nitrogen and oxygen atoms in total. The monoisotopic (exact) mass is 272 g/mol. The van der Waals surface area contributed by atoms with Gasteiger partial charge in [-0.25, -0.2) is 0 Å². The zero-order chi connectivity index (χ0) is 14.0. The molecule has 19 heavy (non-hydrogen) atoms. The Kier molecular flexibility index (Phi) is 3.83. The molecule has 1 fully saturated rings. The number of Topliss-reactive ketones (excluding diaryl/α,β-unsaturated/α-hetero) is 1. The minimum absolute atomic E-state index is 0.0268. The lowest BCUT2D eigenvalue weighted by Gasteiger charge is -2.14. The minimum Gasteiger partial charge on any atom is -0.405 e. The van der Waals surface area contributed by atoms with Gasteiger partial charge in [0.25, 0.3) is 0 Å². The van der Waals surface area contributed by atoms with E-state index in [-0.39, 0.29) is 17.3 Å². The highest BCUT2D eigenvalue weighted by Gasteiger charge is 2.35. The number of hydrogen-bond acceptors (Lipinski definition) is 2. The lowest BCUT2D eigenvalue weighted by atomic mass is 9.95. The van der Waals surface area contributed by atoms with E-state index in [1.807, 2.05) is 6.92 Å². The Bertz CT molecular complexity index is 468. The summed E-state index contributed by atoms with van der Waals surface area (Å²) in [4.78, 5) is 12.3. The molecule has 1 saturated carbocycles. The molecule has 2 atom stereocenters. The number of para-hydroxylation sites is 1. The fraction of sp³-hybridized carbons (Fsp3) is 0.500. The first-order valence-corrected chi connectivity index (χ1v) is 6.26. The zero-order valence-corrected chi connectivity index (χ0v) is 10.5. The maximum absolute atomic E-state index is 12.3. The number of halogens is 3.